The molecule has 2 aliphatic heterocycles. The number of benzene rings is 1. The quantitative estimate of drug-likeness (QED) is 0.828. The van der Waals surface area contributed by atoms with Crippen molar-refractivity contribution in [3.8, 4) is 5.88 Å². The Labute approximate surface area is 151 Å². The maximum atomic E-state index is 12.7. The summed E-state index contributed by atoms with van der Waals surface area (Å²) < 4.78 is 5.91. The van der Waals surface area contributed by atoms with Crippen LogP contribution in [0.4, 0.5) is 0 Å². The number of nitrogens with zero attached hydrogens (tertiary/aromatic N) is 4. The fourth-order valence-electron chi connectivity index (χ4n) is 3.76. The molecule has 2 fully saturated rings. The minimum absolute atomic E-state index is 0.0162. The number of aryl methyl sites for hydroxylation is 1. The van der Waals surface area contributed by atoms with Crippen molar-refractivity contribution in [2.45, 2.75) is 19.1 Å². The number of hydrogen-bond donors (Lipinski definition) is 0. The summed E-state index contributed by atoms with van der Waals surface area (Å²) in [4.78, 5) is 37.1. The lowest BCUT2D eigenvalue weighted by Crippen LogP contribution is -2.40. The van der Waals surface area contributed by atoms with Gasteiger partial charge < -0.3 is 14.5 Å². The van der Waals surface area contributed by atoms with E-state index in [1.54, 1.807) is 36.0 Å². The summed E-state index contributed by atoms with van der Waals surface area (Å²) in [6, 6.07) is 10.8. The molecule has 0 spiro atoms. The molecule has 0 saturated carbocycles. The largest absolute Gasteiger partial charge is 0.464 e. The van der Waals surface area contributed by atoms with Gasteiger partial charge in [-0.2, -0.15) is 4.98 Å². The third-order valence-corrected chi connectivity index (χ3v) is 5.12. The molecule has 2 saturated heterocycles. The van der Waals surface area contributed by atoms with Crippen LogP contribution in [0.3, 0.4) is 0 Å². The van der Waals surface area contributed by atoms with Gasteiger partial charge in [-0.05, 0) is 19.1 Å². The molecule has 0 unspecified atom stereocenters. The lowest BCUT2D eigenvalue weighted by atomic mass is 10.0. The van der Waals surface area contributed by atoms with Crippen LogP contribution in [0.1, 0.15) is 16.2 Å². The van der Waals surface area contributed by atoms with Crippen LogP contribution < -0.4 is 4.74 Å². The Bertz CT molecular complexity index is 842. The average molecular weight is 352 g/mol. The summed E-state index contributed by atoms with van der Waals surface area (Å²) >= 11 is 0. The van der Waals surface area contributed by atoms with Crippen molar-refractivity contribution >= 4 is 11.8 Å². The third kappa shape index (κ3) is 2.79. The van der Waals surface area contributed by atoms with E-state index in [2.05, 4.69) is 9.97 Å². The van der Waals surface area contributed by atoms with Crippen molar-refractivity contribution in [3.63, 3.8) is 0 Å². The molecule has 0 aliphatic carbocycles. The third-order valence-electron chi connectivity index (χ3n) is 5.12. The fraction of sp³-hybridized carbons (Fsp3) is 0.368. The number of fused-ring (bicyclic) bond motifs is 1. The Hall–Kier alpha value is -2.96. The normalized spacial score (nSPS) is 24.7. The Morgan fingerprint density at radius 3 is 2.69 bits per heavy atom. The molecule has 3 atom stereocenters. The minimum atomic E-state index is -0.632. The van der Waals surface area contributed by atoms with Crippen LogP contribution in [0.5, 0.6) is 5.88 Å². The molecular formula is C19H20N4O3. The summed E-state index contributed by atoms with van der Waals surface area (Å²) in [5.41, 5.74) is 0.658. The lowest BCUT2D eigenvalue weighted by molar-refractivity contribution is -0.134. The molecule has 7 nitrogen and oxygen atoms in total. The first-order valence-electron chi connectivity index (χ1n) is 8.62. The van der Waals surface area contributed by atoms with Crippen molar-refractivity contribution in [2.24, 2.45) is 5.92 Å². The summed E-state index contributed by atoms with van der Waals surface area (Å²) in [5, 5.41) is 0. The summed E-state index contributed by atoms with van der Waals surface area (Å²) in [5.74, 6) is 0.818. The smallest absolute Gasteiger partial charge is 0.264 e. The topological polar surface area (TPSA) is 75.6 Å². The van der Waals surface area contributed by atoms with E-state index in [0.717, 1.165) is 0 Å². The van der Waals surface area contributed by atoms with E-state index in [4.69, 9.17) is 4.74 Å². The van der Waals surface area contributed by atoms with Gasteiger partial charge in [0.05, 0.1) is 6.04 Å². The van der Waals surface area contributed by atoms with Gasteiger partial charge >= 0.3 is 0 Å². The second-order valence-corrected chi connectivity index (χ2v) is 6.74. The first kappa shape index (κ1) is 16.5. The lowest BCUT2D eigenvalue weighted by Gasteiger charge is -2.22. The molecule has 7 heteroatoms. The van der Waals surface area contributed by atoms with Crippen LogP contribution in [-0.2, 0) is 4.79 Å². The molecule has 2 amide bonds. The van der Waals surface area contributed by atoms with Crippen LogP contribution in [0.2, 0.25) is 0 Å². The SMILES string of the molecule is Cc1nccc(O[C@@H]2C(=O)N(C)[C@@H]3CN(C(=O)c4ccccc4)C[C@H]23)n1. The first-order valence-corrected chi connectivity index (χ1v) is 8.62. The minimum Gasteiger partial charge on any atom is -0.464 e. The van der Waals surface area contributed by atoms with Gasteiger partial charge in [0.1, 0.15) is 5.82 Å². The number of rotatable bonds is 3. The zero-order chi connectivity index (χ0) is 18.3. The van der Waals surface area contributed by atoms with Gasteiger partial charge in [0.25, 0.3) is 11.8 Å². The molecule has 1 aromatic carbocycles. The van der Waals surface area contributed by atoms with E-state index in [-0.39, 0.29) is 23.8 Å². The Balaban J connectivity index is 1.53. The van der Waals surface area contributed by atoms with Crippen molar-refractivity contribution in [2.75, 3.05) is 20.1 Å². The second kappa shape index (κ2) is 6.40. The van der Waals surface area contributed by atoms with Gasteiger partial charge in [-0.15, -0.1) is 0 Å². The van der Waals surface area contributed by atoms with E-state index < -0.39 is 6.10 Å². The average Bonchev–Trinajstić information content (AvgIpc) is 3.17. The number of hydrogen-bond acceptors (Lipinski definition) is 5. The molecule has 0 radical (unpaired) electrons. The highest BCUT2D eigenvalue weighted by Gasteiger charge is 2.53. The fourth-order valence-corrected chi connectivity index (χ4v) is 3.76. The molecule has 4 rings (SSSR count). The number of likely N-dealkylation sites (N-methyl/N-ethyl adjacent to an activating group) is 1. The highest BCUT2D eigenvalue weighted by atomic mass is 16.5. The van der Waals surface area contributed by atoms with E-state index in [9.17, 15) is 9.59 Å². The highest BCUT2D eigenvalue weighted by Crippen LogP contribution is 2.34. The van der Waals surface area contributed by atoms with Gasteiger partial charge in [-0.3, -0.25) is 9.59 Å². The van der Waals surface area contributed by atoms with Crippen LogP contribution in [-0.4, -0.2) is 63.9 Å². The maximum Gasteiger partial charge on any atom is 0.264 e. The molecule has 2 aromatic rings. The van der Waals surface area contributed by atoms with Crippen molar-refractivity contribution in [3.05, 3.63) is 54.0 Å². The first-order chi connectivity index (χ1) is 12.5. The van der Waals surface area contributed by atoms with Crippen molar-refractivity contribution < 1.29 is 14.3 Å². The van der Waals surface area contributed by atoms with E-state index in [0.29, 0.717) is 30.4 Å². The monoisotopic (exact) mass is 352 g/mol. The second-order valence-electron chi connectivity index (χ2n) is 6.74. The predicted molar refractivity (Wildman–Crippen MR) is 93.6 cm³/mol. The van der Waals surface area contributed by atoms with Gasteiger partial charge in [0, 0.05) is 43.9 Å². The standard InChI is InChI=1S/C19H20N4O3/c1-12-20-9-8-16(21-12)26-17-14-10-23(11-15(14)22(2)19(17)25)18(24)13-6-4-3-5-7-13/h3-9,14-15,17H,10-11H2,1-2H3/t14-,15+,17-/m0/s1. The van der Waals surface area contributed by atoms with Gasteiger partial charge in [-0.25, -0.2) is 4.98 Å². The molecule has 2 aliphatic rings. The van der Waals surface area contributed by atoms with Crippen LogP contribution in [0.25, 0.3) is 0 Å². The molecule has 0 bridgehead atoms. The molecule has 134 valence electrons. The van der Waals surface area contributed by atoms with Gasteiger partial charge in [-0.1, -0.05) is 18.2 Å². The van der Waals surface area contributed by atoms with Crippen LogP contribution >= 0.6 is 0 Å². The van der Waals surface area contributed by atoms with Crippen molar-refractivity contribution in [1.82, 2.24) is 19.8 Å². The van der Waals surface area contributed by atoms with Crippen LogP contribution in [0.15, 0.2) is 42.6 Å². The molecule has 1 aromatic heterocycles. The number of carbonyl (C=O) groups excluding carboxylic acids is 2. The molecule has 0 N–H and O–H groups in total. The molecular weight excluding hydrogens is 332 g/mol. The summed E-state index contributed by atoms with van der Waals surface area (Å²) in [7, 11) is 1.77. The van der Waals surface area contributed by atoms with Crippen molar-refractivity contribution in [1.29, 1.82) is 0 Å². The Kier molecular flexibility index (Phi) is 4.06. The summed E-state index contributed by atoms with van der Waals surface area (Å²) in [6.07, 6.45) is 0.978. The van der Waals surface area contributed by atoms with Crippen LogP contribution in [0, 0.1) is 12.8 Å². The highest BCUT2D eigenvalue weighted by molar-refractivity contribution is 5.95. The number of likely N-dealkylation sites (tertiary alicyclic amines) is 2. The zero-order valence-corrected chi connectivity index (χ0v) is 14.7. The number of carbonyl (C=O) groups is 2. The number of amides is 2. The number of ether oxygens (including phenoxy) is 1. The van der Waals surface area contributed by atoms with E-state index in [1.165, 1.54) is 0 Å². The Morgan fingerprint density at radius 1 is 1.19 bits per heavy atom. The zero-order valence-electron chi connectivity index (χ0n) is 14.7. The van der Waals surface area contributed by atoms with E-state index in [1.807, 2.05) is 30.3 Å². The van der Waals surface area contributed by atoms with Gasteiger partial charge in [0.15, 0.2) is 6.10 Å². The van der Waals surface area contributed by atoms with E-state index >= 15 is 0 Å². The molecule has 26 heavy (non-hydrogen) atoms. The van der Waals surface area contributed by atoms with Gasteiger partial charge in [0.2, 0.25) is 5.88 Å². The predicted octanol–water partition coefficient (Wildman–Crippen LogP) is 1.15. The number of aromatic nitrogens is 2. The maximum absolute atomic E-state index is 12.7. The summed E-state index contributed by atoms with van der Waals surface area (Å²) in [6.45, 7) is 2.78. The molecule has 3 heterocycles. The Morgan fingerprint density at radius 2 is 1.96 bits per heavy atom.